The fraction of sp³-hybridized carbons (Fsp3) is 0.800. The Kier molecular flexibility index (Phi) is 6.34. The molecule has 0 aromatic heterocycles. The molecule has 17 heavy (non-hydrogen) atoms. The summed E-state index contributed by atoms with van der Waals surface area (Å²) in [5.41, 5.74) is 0. The number of methoxy groups -OCH3 is 1. The molecule has 98 valence electrons. The third-order valence-electron chi connectivity index (χ3n) is 2.30. The van der Waals surface area contributed by atoms with Crippen molar-refractivity contribution < 1.29 is 19.1 Å². The van der Waals surface area contributed by atoms with Crippen LogP contribution in [0.5, 0.6) is 0 Å². The summed E-state index contributed by atoms with van der Waals surface area (Å²) in [6.07, 6.45) is 0.813. The summed E-state index contributed by atoms with van der Waals surface area (Å²) >= 11 is 0. The fourth-order valence-electron chi connectivity index (χ4n) is 1.40. The first-order valence-electron chi connectivity index (χ1n) is 5.60. The Bertz CT molecular complexity index is 254. The second-order valence-corrected chi connectivity index (χ2v) is 3.73. The molecule has 7 heteroatoms. The highest BCUT2D eigenvalue weighted by Gasteiger charge is 2.17. The molecule has 1 atom stereocenters. The molecular formula is C10H19N3O4. The van der Waals surface area contributed by atoms with Gasteiger partial charge in [0, 0.05) is 20.3 Å². The Morgan fingerprint density at radius 3 is 2.88 bits per heavy atom. The van der Waals surface area contributed by atoms with Gasteiger partial charge in [0.05, 0.1) is 25.8 Å². The molecule has 1 aliphatic rings. The highest BCUT2D eigenvalue weighted by Crippen LogP contribution is 2.02. The van der Waals surface area contributed by atoms with Crippen molar-refractivity contribution >= 4 is 11.9 Å². The van der Waals surface area contributed by atoms with Crippen LogP contribution in [-0.4, -0.2) is 58.0 Å². The summed E-state index contributed by atoms with van der Waals surface area (Å²) in [4.78, 5) is 22.6. The van der Waals surface area contributed by atoms with Crippen LogP contribution in [0.1, 0.15) is 6.42 Å². The monoisotopic (exact) mass is 245 g/mol. The molecule has 1 aliphatic heterocycles. The molecule has 1 heterocycles. The fourth-order valence-corrected chi connectivity index (χ4v) is 1.40. The van der Waals surface area contributed by atoms with Gasteiger partial charge in [-0.05, 0) is 6.42 Å². The number of ether oxygens (including phenoxy) is 2. The van der Waals surface area contributed by atoms with Crippen LogP contribution in [0.4, 0.5) is 4.79 Å². The predicted octanol–water partition coefficient (Wildman–Crippen LogP) is -1.16. The Labute approximate surface area is 100 Å². The Morgan fingerprint density at radius 2 is 2.24 bits per heavy atom. The largest absolute Gasteiger partial charge is 0.383 e. The van der Waals surface area contributed by atoms with Crippen molar-refractivity contribution in [1.82, 2.24) is 16.0 Å². The summed E-state index contributed by atoms with van der Waals surface area (Å²) in [5, 5.41) is 7.80. The van der Waals surface area contributed by atoms with Gasteiger partial charge in [-0.2, -0.15) is 0 Å². The van der Waals surface area contributed by atoms with Crippen LogP contribution in [0.2, 0.25) is 0 Å². The lowest BCUT2D eigenvalue weighted by molar-refractivity contribution is -0.120. The van der Waals surface area contributed by atoms with Gasteiger partial charge in [0.1, 0.15) is 0 Å². The van der Waals surface area contributed by atoms with E-state index in [0.717, 1.165) is 6.42 Å². The highest BCUT2D eigenvalue weighted by molar-refractivity contribution is 5.83. The Balaban J connectivity index is 2.04. The minimum atomic E-state index is -0.345. The molecule has 0 aliphatic carbocycles. The molecule has 0 bridgehead atoms. The molecule has 3 amide bonds. The van der Waals surface area contributed by atoms with E-state index in [-0.39, 0.29) is 24.5 Å². The number of urea groups is 1. The normalized spacial score (nSPS) is 18.8. The standard InChI is InChI=1S/C10H19N3O4/c1-16-5-3-11-9(14)6-12-10(15)13-8-2-4-17-7-8/h8H,2-7H2,1H3,(H,11,14)(H2,12,13,15). The zero-order chi connectivity index (χ0) is 12.5. The van der Waals surface area contributed by atoms with Crippen molar-refractivity contribution in [1.29, 1.82) is 0 Å². The van der Waals surface area contributed by atoms with Crippen LogP contribution in [0, 0.1) is 0 Å². The third-order valence-corrected chi connectivity index (χ3v) is 2.30. The van der Waals surface area contributed by atoms with E-state index in [2.05, 4.69) is 16.0 Å². The second kappa shape index (κ2) is 7.86. The lowest BCUT2D eigenvalue weighted by atomic mass is 10.3. The van der Waals surface area contributed by atoms with Gasteiger partial charge in [-0.1, -0.05) is 0 Å². The van der Waals surface area contributed by atoms with Gasteiger partial charge >= 0.3 is 6.03 Å². The molecule has 0 aromatic carbocycles. The second-order valence-electron chi connectivity index (χ2n) is 3.73. The average molecular weight is 245 g/mol. The Hall–Kier alpha value is -1.34. The van der Waals surface area contributed by atoms with E-state index < -0.39 is 0 Å². The van der Waals surface area contributed by atoms with Gasteiger partial charge < -0.3 is 25.4 Å². The average Bonchev–Trinajstić information content (AvgIpc) is 2.79. The van der Waals surface area contributed by atoms with Gasteiger partial charge in [0.2, 0.25) is 5.91 Å². The molecule has 0 spiro atoms. The summed E-state index contributed by atoms with van der Waals surface area (Å²) < 4.78 is 9.89. The highest BCUT2D eigenvalue weighted by atomic mass is 16.5. The molecule has 1 unspecified atom stereocenters. The number of carbonyl (C=O) groups is 2. The van der Waals surface area contributed by atoms with Crippen molar-refractivity contribution in [3.05, 3.63) is 0 Å². The SMILES string of the molecule is COCCNC(=O)CNC(=O)NC1CCOC1. The smallest absolute Gasteiger partial charge is 0.315 e. The number of hydrogen-bond acceptors (Lipinski definition) is 4. The van der Waals surface area contributed by atoms with Crippen LogP contribution >= 0.6 is 0 Å². The van der Waals surface area contributed by atoms with Gasteiger partial charge in [0.15, 0.2) is 0 Å². The lowest BCUT2D eigenvalue weighted by Crippen LogP contribution is -2.46. The van der Waals surface area contributed by atoms with E-state index in [1.54, 1.807) is 7.11 Å². The van der Waals surface area contributed by atoms with Crippen LogP contribution in [0.25, 0.3) is 0 Å². The molecular weight excluding hydrogens is 226 g/mol. The van der Waals surface area contributed by atoms with Crippen LogP contribution < -0.4 is 16.0 Å². The summed E-state index contributed by atoms with van der Waals surface area (Å²) in [7, 11) is 1.56. The molecule has 1 fully saturated rings. The van der Waals surface area contributed by atoms with E-state index in [0.29, 0.717) is 26.4 Å². The van der Waals surface area contributed by atoms with Gasteiger partial charge in [0.25, 0.3) is 0 Å². The number of amides is 3. The number of carbonyl (C=O) groups excluding carboxylic acids is 2. The van der Waals surface area contributed by atoms with E-state index in [9.17, 15) is 9.59 Å². The van der Waals surface area contributed by atoms with E-state index in [1.807, 2.05) is 0 Å². The zero-order valence-corrected chi connectivity index (χ0v) is 9.95. The van der Waals surface area contributed by atoms with Gasteiger partial charge in [-0.25, -0.2) is 4.79 Å². The summed E-state index contributed by atoms with van der Waals surface area (Å²) in [6.45, 7) is 2.06. The number of nitrogens with one attached hydrogen (secondary N) is 3. The molecule has 1 saturated heterocycles. The topological polar surface area (TPSA) is 88.7 Å². The van der Waals surface area contributed by atoms with E-state index >= 15 is 0 Å². The first-order chi connectivity index (χ1) is 8.22. The van der Waals surface area contributed by atoms with Crippen molar-refractivity contribution in [2.24, 2.45) is 0 Å². The predicted molar refractivity (Wildman–Crippen MR) is 60.6 cm³/mol. The van der Waals surface area contributed by atoms with E-state index in [4.69, 9.17) is 9.47 Å². The number of hydrogen-bond donors (Lipinski definition) is 3. The van der Waals surface area contributed by atoms with Crippen molar-refractivity contribution in [2.75, 3.05) is 40.0 Å². The molecule has 0 saturated carbocycles. The molecule has 3 N–H and O–H groups in total. The first-order valence-corrected chi connectivity index (χ1v) is 5.60. The maximum atomic E-state index is 11.4. The summed E-state index contributed by atoms with van der Waals surface area (Å²) in [6, 6.07) is -0.297. The van der Waals surface area contributed by atoms with Crippen LogP contribution in [0.15, 0.2) is 0 Å². The van der Waals surface area contributed by atoms with Crippen molar-refractivity contribution in [2.45, 2.75) is 12.5 Å². The quantitative estimate of drug-likeness (QED) is 0.515. The maximum absolute atomic E-state index is 11.4. The minimum absolute atomic E-state index is 0.0386. The maximum Gasteiger partial charge on any atom is 0.315 e. The van der Waals surface area contributed by atoms with Crippen molar-refractivity contribution in [3.8, 4) is 0 Å². The molecule has 0 radical (unpaired) electrons. The summed E-state index contributed by atoms with van der Waals surface area (Å²) in [5.74, 6) is -0.236. The molecule has 0 aromatic rings. The Morgan fingerprint density at radius 1 is 1.41 bits per heavy atom. The van der Waals surface area contributed by atoms with Crippen LogP contribution in [-0.2, 0) is 14.3 Å². The number of rotatable bonds is 6. The van der Waals surface area contributed by atoms with Crippen LogP contribution in [0.3, 0.4) is 0 Å². The third kappa shape index (κ3) is 6.08. The lowest BCUT2D eigenvalue weighted by Gasteiger charge is -2.11. The first kappa shape index (κ1) is 13.7. The minimum Gasteiger partial charge on any atom is -0.383 e. The van der Waals surface area contributed by atoms with E-state index in [1.165, 1.54) is 0 Å². The van der Waals surface area contributed by atoms with Gasteiger partial charge in [-0.3, -0.25) is 4.79 Å². The molecule has 7 nitrogen and oxygen atoms in total. The van der Waals surface area contributed by atoms with Gasteiger partial charge in [-0.15, -0.1) is 0 Å². The zero-order valence-electron chi connectivity index (χ0n) is 9.95. The molecule has 1 rings (SSSR count). The van der Waals surface area contributed by atoms with Crippen molar-refractivity contribution in [3.63, 3.8) is 0 Å².